The number of carbonyl (C=O) groups excluding carboxylic acids is 2. The summed E-state index contributed by atoms with van der Waals surface area (Å²) in [7, 11) is 5.48. The number of hydrogen-bond donors (Lipinski definition) is 2. The highest BCUT2D eigenvalue weighted by Gasteiger charge is 2.47. The van der Waals surface area contributed by atoms with Crippen molar-refractivity contribution in [2.45, 2.75) is 39.7 Å². The fourth-order valence-electron chi connectivity index (χ4n) is 5.10. The van der Waals surface area contributed by atoms with E-state index in [2.05, 4.69) is 4.98 Å². The van der Waals surface area contributed by atoms with Crippen LogP contribution >= 0.6 is 0 Å². The SMILES string of the molecule is COc1cc(C)c(/C(O)=C2\C(=O)C(=O)N(CCN(C)C)C2c2c(C)[nH]c3ccccc23)cc1C(C)C. The third kappa shape index (κ3) is 4.28. The van der Waals surface area contributed by atoms with E-state index in [1.165, 1.54) is 0 Å². The number of likely N-dealkylation sites (N-methyl/N-ethyl adjacent to an activating group) is 1. The number of ether oxygens (including phenoxy) is 1. The zero-order valence-corrected chi connectivity index (χ0v) is 22.1. The van der Waals surface area contributed by atoms with Crippen LogP contribution in [0, 0.1) is 13.8 Å². The molecule has 36 heavy (non-hydrogen) atoms. The van der Waals surface area contributed by atoms with Crippen LogP contribution in [0.15, 0.2) is 42.0 Å². The molecule has 7 nitrogen and oxygen atoms in total. The molecular weight excluding hydrogens is 454 g/mol. The van der Waals surface area contributed by atoms with E-state index in [0.717, 1.165) is 39.0 Å². The van der Waals surface area contributed by atoms with Crippen LogP contribution in [0.4, 0.5) is 0 Å². The summed E-state index contributed by atoms with van der Waals surface area (Å²) in [5.74, 6) is -0.543. The predicted octanol–water partition coefficient (Wildman–Crippen LogP) is 4.90. The molecule has 1 aliphatic heterocycles. The number of aromatic nitrogens is 1. The molecule has 1 unspecified atom stereocenters. The zero-order chi connectivity index (χ0) is 26.3. The Bertz CT molecular complexity index is 1370. The molecule has 190 valence electrons. The molecule has 1 fully saturated rings. The summed E-state index contributed by atoms with van der Waals surface area (Å²) in [5.41, 5.74) is 4.96. The molecule has 0 aliphatic carbocycles. The summed E-state index contributed by atoms with van der Waals surface area (Å²) in [6.07, 6.45) is 0. The van der Waals surface area contributed by atoms with Crippen molar-refractivity contribution in [1.29, 1.82) is 0 Å². The Kier molecular flexibility index (Phi) is 6.96. The molecule has 0 radical (unpaired) electrons. The van der Waals surface area contributed by atoms with Crippen molar-refractivity contribution in [3.63, 3.8) is 0 Å². The van der Waals surface area contributed by atoms with Gasteiger partial charge in [0.1, 0.15) is 11.5 Å². The van der Waals surface area contributed by atoms with Crippen molar-refractivity contribution in [1.82, 2.24) is 14.8 Å². The summed E-state index contributed by atoms with van der Waals surface area (Å²) >= 11 is 0. The first-order valence-corrected chi connectivity index (χ1v) is 12.3. The Hall–Kier alpha value is -3.58. The first-order chi connectivity index (χ1) is 17.1. The minimum absolute atomic E-state index is 0.120. The first-order valence-electron chi connectivity index (χ1n) is 12.3. The van der Waals surface area contributed by atoms with Gasteiger partial charge < -0.3 is 24.6 Å². The number of fused-ring (bicyclic) bond motifs is 1. The summed E-state index contributed by atoms with van der Waals surface area (Å²) < 4.78 is 5.57. The van der Waals surface area contributed by atoms with Gasteiger partial charge in [-0.15, -0.1) is 0 Å². The number of nitrogens with zero attached hydrogens (tertiary/aromatic N) is 2. The molecule has 0 saturated carbocycles. The van der Waals surface area contributed by atoms with Gasteiger partial charge in [-0.05, 0) is 63.2 Å². The number of amides is 1. The smallest absolute Gasteiger partial charge is 0.295 e. The van der Waals surface area contributed by atoms with Gasteiger partial charge in [0, 0.05) is 40.8 Å². The number of aliphatic hydroxyl groups is 1. The topological polar surface area (TPSA) is 85.9 Å². The molecule has 2 N–H and O–H groups in total. The van der Waals surface area contributed by atoms with Crippen LogP contribution in [0.25, 0.3) is 16.7 Å². The number of carbonyl (C=O) groups is 2. The number of ketones is 1. The zero-order valence-electron chi connectivity index (χ0n) is 22.1. The summed E-state index contributed by atoms with van der Waals surface area (Å²) in [6, 6.07) is 10.9. The molecule has 1 aromatic heterocycles. The Morgan fingerprint density at radius 3 is 2.50 bits per heavy atom. The van der Waals surface area contributed by atoms with E-state index >= 15 is 0 Å². The highest BCUT2D eigenvalue weighted by molar-refractivity contribution is 6.46. The summed E-state index contributed by atoms with van der Waals surface area (Å²) in [5, 5.41) is 12.6. The fraction of sp³-hybridized carbons (Fsp3) is 0.379. The summed E-state index contributed by atoms with van der Waals surface area (Å²) in [4.78, 5) is 33.8. The number of nitrogens with one attached hydrogen (secondary N) is 1. The molecule has 1 saturated heterocycles. The van der Waals surface area contributed by atoms with E-state index in [1.807, 2.05) is 83.1 Å². The van der Waals surface area contributed by atoms with E-state index in [0.29, 0.717) is 18.7 Å². The standard InChI is InChI=1S/C29H35N3O4/c1-16(2)20-15-21(17(3)14-23(20)36-7)27(33)25-26(32(13-12-31(5)6)29(35)28(25)34)24-18(4)30-22-11-9-8-10-19(22)24/h8-11,14-16,26,30,33H,12-13H2,1-7H3/b27-25+. The predicted molar refractivity (Wildman–Crippen MR) is 142 cm³/mol. The molecular formula is C29H35N3O4. The lowest BCUT2D eigenvalue weighted by molar-refractivity contribution is -0.140. The number of hydrogen-bond acceptors (Lipinski definition) is 5. The van der Waals surface area contributed by atoms with Gasteiger partial charge in [-0.2, -0.15) is 0 Å². The molecule has 4 rings (SSSR count). The van der Waals surface area contributed by atoms with Crippen LogP contribution in [0.1, 0.15) is 53.8 Å². The normalized spacial score (nSPS) is 17.7. The van der Waals surface area contributed by atoms with Gasteiger partial charge in [-0.3, -0.25) is 9.59 Å². The second kappa shape index (κ2) is 9.82. The molecule has 2 heterocycles. The van der Waals surface area contributed by atoms with E-state index in [4.69, 9.17) is 4.74 Å². The van der Waals surface area contributed by atoms with Gasteiger partial charge in [0.05, 0.1) is 18.7 Å². The number of para-hydroxylation sites is 1. The number of H-pyrrole nitrogens is 1. The molecule has 0 bridgehead atoms. The minimum atomic E-state index is -0.704. The number of aliphatic hydroxyl groups excluding tert-OH is 1. The van der Waals surface area contributed by atoms with Gasteiger partial charge in [0.2, 0.25) is 0 Å². The molecule has 0 spiro atoms. The number of aryl methyl sites for hydroxylation is 2. The van der Waals surface area contributed by atoms with Crippen LogP contribution < -0.4 is 4.74 Å². The maximum absolute atomic E-state index is 13.5. The van der Waals surface area contributed by atoms with Crippen molar-refractivity contribution in [2.75, 3.05) is 34.3 Å². The Balaban J connectivity index is 1.99. The van der Waals surface area contributed by atoms with Crippen LogP contribution in [0.2, 0.25) is 0 Å². The largest absolute Gasteiger partial charge is 0.507 e. The molecule has 2 aromatic carbocycles. The van der Waals surface area contributed by atoms with E-state index in [9.17, 15) is 14.7 Å². The van der Waals surface area contributed by atoms with Crippen molar-refractivity contribution in [3.8, 4) is 5.75 Å². The molecule has 1 amide bonds. The van der Waals surface area contributed by atoms with Gasteiger partial charge in [-0.25, -0.2) is 0 Å². The van der Waals surface area contributed by atoms with Gasteiger partial charge >= 0.3 is 0 Å². The lowest BCUT2D eigenvalue weighted by Crippen LogP contribution is -2.35. The van der Waals surface area contributed by atoms with Crippen LogP contribution in [-0.2, 0) is 9.59 Å². The second-order valence-electron chi connectivity index (χ2n) is 10.1. The van der Waals surface area contributed by atoms with Gasteiger partial charge in [-0.1, -0.05) is 32.0 Å². The maximum Gasteiger partial charge on any atom is 0.295 e. The number of rotatable bonds is 7. The van der Waals surface area contributed by atoms with E-state index < -0.39 is 17.7 Å². The minimum Gasteiger partial charge on any atom is -0.507 e. The summed E-state index contributed by atoms with van der Waals surface area (Å²) in [6.45, 7) is 8.85. The molecule has 3 aromatic rings. The number of methoxy groups -OCH3 is 1. The lowest BCUT2D eigenvalue weighted by Gasteiger charge is -2.27. The van der Waals surface area contributed by atoms with Crippen LogP contribution in [-0.4, -0.2) is 65.9 Å². The van der Waals surface area contributed by atoms with Crippen molar-refractivity contribution >= 4 is 28.4 Å². The monoisotopic (exact) mass is 489 g/mol. The fourth-order valence-corrected chi connectivity index (χ4v) is 5.10. The lowest BCUT2D eigenvalue weighted by atomic mass is 9.90. The molecule has 1 aliphatic rings. The third-order valence-electron chi connectivity index (χ3n) is 7.00. The number of likely N-dealkylation sites (tertiary alicyclic amines) is 1. The molecule has 7 heteroatoms. The Morgan fingerprint density at radius 1 is 1.17 bits per heavy atom. The average molecular weight is 490 g/mol. The Morgan fingerprint density at radius 2 is 1.86 bits per heavy atom. The van der Waals surface area contributed by atoms with Gasteiger partial charge in [0.25, 0.3) is 11.7 Å². The quantitative estimate of drug-likeness (QED) is 0.280. The van der Waals surface area contributed by atoms with E-state index in [-0.39, 0.29) is 17.3 Å². The van der Waals surface area contributed by atoms with Gasteiger partial charge in [0.15, 0.2) is 0 Å². The van der Waals surface area contributed by atoms with E-state index in [1.54, 1.807) is 12.0 Å². The van der Waals surface area contributed by atoms with Crippen molar-refractivity contribution in [2.24, 2.45) is 0 Å². The van der Waals surface area contributed by atoms with Crippen molar-refractivity contribution in [3.05, 3.63) is 69.9 Å². The Labute approximate surface area is 212 Å². The van der Waals surface area contributed by atoms with Crippen molar-refractivity contribution < 1.29 is 19.4 Å². The first kappa shape index (κ1) is 25.5. The maximum atomic E-state index is 13.5. The number of Topliss-reactive ketones (excluding diaryl/α,β-unsaturated/α-hetero) is 1. The average Bonchev–Trinajstić information content (AvgIpc) is 3.28. The highest BCUT2D eigenvalue weighted by Crippen LogP contribution is 2.44. The van der Waals surface area contributed by atoms with Crippen LogP contribution in [0.5, 0.6) is 5.75 Å². The third-order valence-corrected chi connectivity index (χ3v) is 7.00. The van der Waals surface area contributed by atoms with Crippen LogP contribution in [0.3, 0.4) is 0 Å². The number of aromatic amines is 1. The number of benzene rings is 2. The second-order valence-corrected chi connectivity index (χ2v) is 10.1. The highest BCUT2D eigenvalue weighted by atomic mass is 16.5. The molecule has 1 atom stereocenters.